The Hall–Kier alpha value is -2.05. The molecule has 0 saturated carbocycles. The van der Waals surface area contributed by atoms with Gasteiger partial charge in [0.15, 0.2) is 0 Å². The Balaban J connectivity index is 2.54. The average molecular weight is 246 g/mol. The zero-order valence-corrected chi connectivity index (χ0v) is 8.25. The molecule has 0 spiro atoms. The number of hydrogen-bond donors (Lipinski definition) is 1. The highest BCUT2D eigenvalue weighted by Crippen LogP contribution is 2.33. The van der Waals surface area contributed by atoms with Crippen LogP contribution < -0.4 is 5.73 Å². The van der Waals surface area contributed by atoms with Crippen LogP contribution in [0.4, 0.5) is 23.4 Å². The van der Waals surface area contributed by atoms with Crippen LogP contribution >= 0.6 is 0 Å². The summed E-state index contributed by atoms with van der Waals surface area (Å²) in [5.74, 6) is -0.928. The predicted molar refractivity (Wildman–Crippen MR) is 51.3 cm³/mol. The van der Waals surface area contributed by atoms with Gasteiger partial charge in [0.2, 0.25) is 5.88 Å². The minimum atomic E-state index is -4.54. The van der Waals surface area contributed by atoms with Crippen molar-refractivity contribution in [2.24, 2.45) is 0 Å². The summed E-state index contributed by atoms with van der Waals surface area (Å²) in [6, 6.07) is 3.19. The van der Waals surface area contributed by atoms with E-state index in [0.717, 1.165) is 12.1 Å². The van der Waals surface area contributed by atoms with Crippen LogP contribution in [0.1, 0.15) is 5.56 Å². The van der Waals surface area contributed by atoms with E-state index in [1.807, 2.05) is 0 Å². The molecule has 0 atom stereocenters. The maximum atomic E-state index is 13.4. The van der Waals surface area contributed by atoms with E-state index in [4.69, 9.17) is 5.73 Å². The third kappa shape index (κ3) is 2.22. The number of rotatable bonds is 1. The van der Waals surface area contributed by atoms with Crippen molar-refractivity contribution in [3.05, 3.63) is 35.6 Å². The molecule has 0 fully saturated rings. The lowest BCUT2D eigenvalue weighted by Crippen LogP contribution is -2.05. The van der Waals surface area contributed by atoms with Gasteiger partial charge in [0.1, 0.15) is 11.5 Å². The molecular formula is C10H6F4N2O. The first kappa shape index (κ1) is 11.4. The normalized spacial score (nSPS) is 11.8. The van der Waals surface area contributed by atoms with Crippen molar-refractivity contribution < 1.29 is 22.1 Å². The van der Waals surface area contributed by atoms with E-state index in [2.05, 4.69) is 9.68 Å². The van der Waals surface area contributed by atoms with Crippen LogP contribution in [-0.2, 0) is 6.18 Å². The minimum Gasteiger partial charge on any atom is -0.368 e. The van der Waals surface area contributed by atoms with E-state index < -0.39 is 17.6 Å². The van der Waals surface area contributed by atoms with Gasteiger partial charge in [-0.2, -0.15) is 13.2 Å². The van der Waals surface area contributed by atoms with Gasteiger partial charge in [-0.1, -0.05) is 5.16 Å². The summed E-state index contributed by atoms with van der Waals surface area (Å²) < 4.78 is 55.1. The first-order valence-corrected chi connectivity index (χ1v) is 4.47. The van der Waals surface area contributed by atoms with Crippen LogP contribution in [0.5, 0.6) is 0 Å². The van der Waals surface area contributed by atoms with Crippen molar-refractivity contribution in [3.63, 3.8) is 0 Å². The van der Waals surface area contributed by atoms with E-state index in [1.165, 1.54) is 0 Å². The molecule has 0 unspecified atom stereocenters. The number of anilines is 1. The summed E-state index contributed by atoms with van der Waals surface area (Å²) >= 11 is 0. The van der Waals surface area contributed by atoms with Gasteiger partial charge in [-0.25, -0.2) is 4.39 Å². The smallest absolute Gasteiger partial charge is 0.368 e. The van der Waals surface area contributed by atoms with Crippen LogP contribution in [0.2, 0.25) is 0 Å². The molecule has 0 bridgehead atoms. The second-order valence-electron chi connectivity index (χ2n) is 3.31. The summed E-state index contributed by atoms with van der Waals surface area (Å²) in [5, 5.41) is 3.36. The zero-order valence-electron chi connectivity index (χ0n) is 8.25. The minimum absolute atomic E-state index is 0.0777. The topological polar surface area (TPSA) is 52.0 Å². The van der Waals surface area contributed by atoms with Crippen molar-refractivity contribution in [3.8, 4) is 11.3 Å². The number of nitrogens with two attached hydrogens (primary N) is 1. The van der Waals surface area contributed by atoms with Crippen LogP contribution in [0.3, 0.4) is 0 Å². The standard InChI is InChI=1S/C10H6F4N2O/c11-7-2-1-5(10(12,13)14)3-6(7)8-4-9(15)17-16-8/h1-4H,15H2. The van der Waals surface area contributed by atoms with E-state index in [0.29, 0.717) is 12.1 Å². The van der Waals surface area contributed by atoms with E-state index in [1.54, 1.807) is 0 Å². The Morgan fingerprint density at radius 3 is 2.41 bits per heavy atom. The largest absolute Gasteiger partial charge is 0.416 e. The molecule has 0 saturated heterocycles. The second kappa shape index (κ2) is 3.76. The molecule has 2 N–H and O–H groups in total. The van der Waals surface area contributed by atoms with Crippen LogP contribution in [0.15, 0.2) is 28.8 Å². The molecule has 0 aliphatic rings. The maximum absolute atomic E-state index is 13.4. The summed E-state index contributed by atoms with van der Waals surface area (Å²) in [4.78, 5) is 0. The monoisotopic (exact) mass is 246 g/mol. The number of benzene rings is 1. The number of nitrogens with zero attached hydrogens (tertiary/aromatic N) is 1. The van der Waals surface area contributed by atoms with Crippen molar-refractivity contribution in [2.45, 2.75) is 6.18 Å². The fraction of sp³-hybridized carbons (Fsp3) is 0.100. The van der Waals surface area contributed by atoms with Gasteiger partial charge in [-0.3, -0.25) is 0 Å². The predicted octanol–water partition coefficient (Wildman–Crippen LogP) is 3.08. The molecule has 3 nitrogen and oxygen atoms in total. The average Bonchev–Trinajstić information content (AvgIpc) is 2.63. The Kier molecular flexibility index (Phi) is 2.53. The Morgan fingerprint density at radius 2 is 1.88 bits per heavy atom. The van der Waals surface area contributed by atoms with Gasteiger partial charge in [-0.15, -0.1) is 0 Å². The lowest BCUT2D eigenvalue weighted by molar-refractivity contribution is -0.137. The van der Waals surface area contributed by atoms with Gasteiger partial charge in [-0.05, 0) is 18.2 Å². The second-order valence-corrected chi connectivity index (χ2v) is 3.31. The van der Waals surface area contributed by atoms with Crippen LogP contribution in [0, 0.1) is 5.82 Å². The number of hydrogen-bond acceptors (Lipinski definition) is 3. The van der Waals surface area contributed by atoms with E-state index in [9.17, 15) is 17.6 Å². The van der Waals surface area contributed by atoms with Crippen LogP contribution in [-0.4, -0.2) is 5.16 Å². The van der Waals surface area contributed by atoms with Crippen molar-refractivity contribution in [1.29, 1.82) is 0 Å². The van der Waals surface area contributed by atoms with Crippen LogP contribution in [0.25, 0.3) is 11.3 Å². The number of alkyl halides is 3. The summed E-state index contributed by atoms with van der Waals surface area (Å²) in [5.41, 5.74) is 3.87. The third-order valence-corrected chi connectivity index (χ3v) is 2.10. The lowest BCUT2D eigenvalue weighted by atomic mass is 10.1. The molecule has 0 amide bonds. The Bertz CT molecular complexity index is 547. The van der Waals surface area contributed by atoms with E-state index >= 15 is 0 Å². The number of nitrogen functional groups attached to an aromatic ring is 1. The summed E-state index contributed by atoms with van der Waals surface area (Å²) in [7, 11) is 0. The van der Waals surface area contributed by atoms with Crippen molar-refractivity contribution in [2.75, 3.05) is 5.73 Å². The molecule has 90 valence electrons. The van der Waals surface area contributed by atoms with Gasteiger partial charge in [0, 0.05) is 11.6 Å². The highest BCUT2D eigenvalue weighted by molar-refractivity contribution is 5.62. The molecule has 2 rings (SSSR count). The van der Waals surface area contributed by atoms with Gasteiger partial charge in [0.25, 0.3) is 0 Å². The first-order valence-electron chi connectivity index (χ1n) is 4.47. The molecular weight excluding hydrogens is 240 g/mol. The molecule has 0 aliphatic heterocycles. The molecule has 0 radical (unpaired) electrons. The highest BCUT2D eigenvalue weighted by atomic mass is 19.4. The summed E-state index contributed by atoms with van der Waals surface area (Å²) in [6.45, 7) is 0. The highest BCUT2D eigenvalue weighted by Gasteiger charge is 2.31. The summed E-state index contributed by atoms with van der Waals surface area (Å²) in [6.07, 6.45) is -4.54. The molecule has 2 aromatic rings. The van der Waals surface area contributed by atoms with Gasteiger partial charge < -0.3 is 10.3 Å². The lowest BCUT2D eigenvalue weighted by Gasteiger charge is -2.07. The third-order valence-electron chi connectivity index (χ3n) is 2.10. The number of halogens is 4. The molecule has 1 aromatic carbocycles. The molecule has 1 aromatic heterocycles. The fourth-order valence-corrected chi connectivity index (χ4v) is 1.31. The fourth-order valence-electron chi connectivity index (χ4n) is 1.31. The van der Waals surface area contributed by atoms with Gasteiger partial charge >= 0.3 is 6.18 Å². The first-order chi connectivity index (χ1) is 7.88. The Labute approximate surface area is 92.8 Å². The number of aromatic nitrogens is 1. The molecule has 7 heteroatoms. The molecule has 1 heterocycles. The zero-order chi connectivity index (χ0) is 12.6. The van der Waals surface area contributed by atoms with E-state index in [-0.39, 0.29) is 17.1 Å². The Morgan fingerprint density at radius 1 is 1.18 bits per heavy atom. The van der Waals surface area contributed by atoms with Gasteiger partial charge in [0.05, 0.1) is 5.56 Å². The SMILES string of the molecule is Nc1cc(-c2cc(C(F)(F)F)ccc2F)no1. The molecule has 17 heavy (non-hydrogen) atoms. The maximum Gasteiger partial charge on any atom is 0.416 e. The molecule has 0 aliphatic carbocycles. The van der Waals surface area contributed by atoms with Crippen molar-refractivity contribution in [1.82, 2.24) is 5.16 Å². The van der Waals surface area contributed by atoms with Crippen molar-refractivity contribution >= 4 is 5.88 Å². The quantitative estimate of drug-likeness (QED) is 0.786.